The smallest absolute Gasteiger partial charge is 0.119 e. The van der Waals surface area contributed by atoms with E-state index in [1.165, 1.54) is 5.56 Å². The molecular weight excluding hydrogens is 150 g/mol. The lowest BCUT2D eigenvalue weighted by molar-refractivity contribution is 0.472. The van der Waals surface area contributed by atoms with Crippen molar-refractivity contribution in [2.75, 3.05) is 5.73 Å². The molecule has 0 radical (unpaired) electrons. The predicted molar refractivity (Wildman–Crippen MR) is 49.3 cm³/mol. The largest absolute Gasteiger partial charge is 0.508 e. The first kappa shape index (κ1) is 7.47. The Morgan fingerprint density at radius 2 is 2.17 bits per heavy atom. The Bertz CT molecular complexity index is 291. The van der Waals surface area contributed by atoms with Gasteiger partial charge in [-0.15, -0.1) is 0 Å². The molecule has 0 saturated carbocycles. The van der Waals surface area contributed by atoms with Crippen molar-refractivity contribution in [1.82, 2.24) is 0 Å². The number of nitrogen functional groups attached to an aromatic ring is 1. The van der Waals surface area contributed by atoms with Gasteiger partial charge in [0, 0.05) is 17.2 Å². The maximum atomic E-state index is 9.44. The Morgan fingerprint density at radius 1 is 1.42 bits per heavy atom. The maximum Gasteiger partial charge on any atom is 0.119 e. The van der Waals surface area contributed by atoms with Gasteiger partial charge in [0.05, 0.1) is 0 Å². The van der Waals surface area contributed by atoms with E-state index >= 15 is 0 Å². The van der Waals surface area contributed by atoms with E-state index in [2.05, 4.69) is 6.92 Å². The number of benzene rings is 1. The van der Waals surface area contributed by atoms with Gasteiger partial charge in [0.15, 0.2) is 0 Å². The summed E-state index contributed by atoms with van der Waals surface area (Å²) in [5, 5.41) is 9.44. The summed E-state index contributed by atoms with van der Waals surface area (Å²) in [6.45, 7) is 2.14. The topological polar surface area (TPSA) is 46.2 Å². The second kappa shape index (κ2) is 2.41. The second-order valence-corrected chi connectivity index (χ2v) is 3.34. The van der Waals surface area contributed by atoms with Crippen LogP contribution in [0.3, 0.4) is 0 Å². The minimum Gasteiger partial charge on any atom is -0.508 e. The van der Waals surface area contributed by atoms with Crippen molar-refractivity contribution in [3.05, 3.63) is 23.3 Å². The van der Waals surface area contributed by atoms with Crippen LogP contribution in [0.25, 0.3) is 0 Å². The van der Waals surface area contributed by atoms with Crippen molar-refractivity contribution in [3.8, 4) is 5.75 Å². The van der Waals surface area contributed by atoms with Crippen LogP contribution in [0.4, 0.5) is 5.69 Å². The van der Waals surface area contributed by atoms with Crippen LogP contribution in [0.1, 0.15) is 36.8 Å². The van der Waals surface area contributed by atoms with E-state index in [1.54, 1.807) is 12.1 Å². The molecule has 1 unspecified atom stereocenters. The minimum absolute atomic E-state index is 0.414. The van der Waals surface area contributed by atoms with Crippen molar-refractivity contribution in [2.45, 2.75) is 25.7 Å². The number of aromatic hydroxyl groups is 1. The Morgan fingerprint density at radius 3 is 2.75 bits per heavy atom. The summed E-state index contributed by atoms with van der Waals surface area (Å²) >= 11 is 0. The summed E-state index contributed by atoms with van der Waals surface area (Å²) in [4.78, 5) is 0. The van der Waals surface area contributed by atoms with Crippen LogP contribution in [0, 0.1) is 0 Å². The third-order valence-corrected chi connectivity index (χ3v) is 2.49. The van der Waals surface area contributed by atoms with Crippen molar-refractivity contribution < 1.29 is 5.11 Å². The molecule has 1 aliphatic carbocycles. The van der Waals surface area contributed by atoms with Crippen molar-refractivity contribution in [1.29, 1.82) is 0 Å². The van der Waals surface area contributed by atoms with Crippen LogP contribution in [0.15, 0.2) is 12.1 Å². The average molecular weight is 163 g/mol. The lowest BCUT2D eigenvalue weighted by Crippen LogP contribution is -1.83. The zero-order valence-electron chi connectivity index (χ0n) is 7.17. The van der Waals surface area contributed by atoms with Crippen LogP contribution in [-0.2, 0) is 0 Å². The average Bonchev–Trinajstić information content (AvgIpc) is 2.74. The number of phenolic OH excluding ortho intramolecular Hbond substituents is 1. The molecule has 2 rings (SSSR count). The van der Waals surface area contributed by atoms with E-state index in [9.17, 15) is 5.11 Å². The van der Waals surface area contributed by atoms with Crippen molar-refractivity contribution >= 4 is 5.69 Å². The lowest BCUT2D eigenvalue weighted by Gasteiger charge is -1.89. The van der Waals surface area contributed by atoms with Gasteiger partial charge in [-0.1, -0.05) is 13.3 Å². The van der Waals surface area contributed by atoms with E-state index in [1.807, 2.05) is 0 Å². The van der Waals surface area contributed by atoms with Crippen molar-refractivity contribution in [2.24, 2.45) is 0 Å². The van der Waals surface area contributed by atoms with Gasteiger partial charge in [-0.05, 0) is 24.1 Å². The quantitative estimate of drug-likeness (QED) is 0.518. The zero-order valence-corrected chi connectivity index (χ0v) is 7.17. The maximum absolute atomic E-state index is 9.44. The van der Waals surface area contributed by atoms with Crippen LogP contribution in [0.5, 0.6) is 5.75 Å². The van der Waals surface area contributed by atoms with Gasteiger partial charge in [0.25, 0.3) is 0 Å². The molecule has 1 aromatic carbocycles. The van der Waals surface area contributed by atoms with Gasteiger partial charge in [0.2, 0.25) is 0 Å². The molecule has 2 nitrogen and oxygen atoms in total. The number of fused-ring (bicyclic) bond motifs is 1. The SMILES string of the molecule is CCCC1c2c(N)ccc(O)c21. The molecule has 0 spiro atoms. The molecule has 1 aromatic rings. The van der Waals surface area contributed by atoms with Crippen LogP contribution in [-0.4, -0.2) is 5.11 Å². The fourth-order valence-corrected chi connectivity index (χ4v) is 1.87. The molecule has 1 aliphatic rings. The summed E-state index contributed by atoms with van der Waals surface area (Å²) in [6, 6.07) is 3.47. The van der Waals surface area contributed by atoms with E-state index in [0.717, 1.165) is 24.1 Å². The molecule has 12 heavy (non-hydrogen) atoms. The van der Waals surface area contributed by atoms with E-state index < -0.39 is 0 Å². The highest BCUT2D eigenvalue weighted by Crippen LogP contribution is 2.54. The summed E-state index contributed by atoms with van der Waals surface area (Å²) in [7, 11) is 0. The molecule has 1 atom stereocenters. The molecule has 0 aromatic heterocycles. The lowest BCUT2D eigenvalue weighted by atomic mass is 10.2. The third-order valence-electron chi connectivity index (χ3n) is 2.49. The molecule has 0 heterocycles. The predicted octanol–water partition coefficient (Wildman–Crippen LogP) is 2.22. The first-order valence-corrected chi connectivity index (χ1v) is 4.37. The summed E-state index contributed by atoms with van der Waals surface area (Å²) in [5.41, 5.74) is 8.84. The van der Waals surface area contributed by atoms with Crippen molar-refractivity contribution in [3.63, 3.8) is 0 Å². The van der Waals surface area contributed by atoms with Gasteiger partial charge < -0.3 is 10.8 Å². The molecule has 0 fully saturated rings. The molecule has 3 N–H and O–H groups in total. The Balaban J connectivity index is 2.32. The van der Waals surface area contributed by atoms with Gasteiger partial charge in [-0.3, -0.25) is 0 Å². The Labute approximate surface area is 72.0 Å². The Kier molecular flexibility index (Phi) is 1.50. The minimum atomic E-state index is 0.414. The second-order valence-electron chi connectivity index (χ2n) is 3.34. The molecule has 0 saturated heterocycles. The molecule has 0 bridgehead atoms. The summed E-state index contributed by atoms with van der Waals surface area (Å²) in [5.74, 6) is 0.864. The fraction of sp³-hybridized carbons (Fsp3) is 0.400. The molecule has 64 valence electrons. The molecule has 0 amide bonds. The number of hydrogen-bond donors (Lipinski definition) is 2. The third kappa shape index (κ3) is 0.876. The zero-order chi connectivity index (χ0) is 8.72. The number of rotatable bonds is 2. The van der Waals surface area contributed by atoms with Gasteiger partial charge in [0.1, 0.15) is 5.75 Å². The first-order valence-electron chi connectivity index (χ1n) is 4.37. The van der Waals surface area contributed by atoms with Crippen LogP contribution < -0.4 is 5.73 Å². The van der Waals surface area contributed by atoms with Crippen LogP contribution >= 0.6 is 0 Å². The van der Waals surface area contributed by atoms with Gasteiger partial charge in [-0.2, -0.15) is 0 Å². The number of hydrogen-bond acceptors (Lipinski definition) is 2. The summed E-state index contributed by atoms with van der Waals surface area (Å²) < 4.78 is 0. The Hall–Kier alpha value is -1.18. The standard InChI is InChI=1S/C10H13NO/c1-2-3-6-9-7(11)4-5-8(12)10(6)9/h4-6,12H,2-3,11H2,1H3. The van der Waals surface area contributed by atoms with Gasteiger partial charge >= 0.3 is 0 Å². The number of anilines is 1. The highest BCUT2D eigenvalue weighted by atomic mass is 16.3. The number of phenols is 1. The van der Waals surface area contributed by atoms with E-state index in [-0.39, 0.29) is 0 Å². The fourth-order valence-electron chi connectivity index (χ4n) is 1.87. The molecular formula is C10H13NO. The van der Waals surface area contributed by atoms with Crippen LogP contribution in [0.2, 0.25) is 0 Å². The first-order chi connectivity index (χ1) is 5.75. The summed E-state index contributed by atoms with van der Waals surface area (Å²) in [6.07, 6.45) is 2.25. The highest BCUT2D eigenvalue weighted by Gasteiger charge is 2.36. The monoisotopic (exact) mass is 163 g/mol. The normalized spacial score (nSPS) is 18.9. The van der Waals surface area contributed by atoms with E-state index in [4.69, 9.17) is 5.73 Å². The molecule has 2 heteroatoms. The molecule has 0 aliphatic heterocycles. The van der Waals surface area contributed by atoms with Gasteiger partial charge in [-0.25, -0.2) is 0 Å². The highest BCUT2D eigenvalue weighted by molar-refractivity contribution is 5.71. The number of nitrogens with two attached hydrogens (primary N) is 1. The van der Waals surface area contributed by atoms with E-state index in [0.29, 0.717) is 11.7 Å².